The zero-order valence-corrected chi connectivity index (χ0v) is 10.8. The first-order valence-electron chi connectivity index (χ1n) is 6.03. The van der Waals surface area contributed by atoms with Gasteiger partial charge in [0.1, 0.15) is 5.57 Å². The molecule has 0 bridgehead atoms. The summed E-state index contributed by atoms with van der Waals surface area (Å²) in [5.41, 5.74) is 0.0707. The number of carbonyl (C=O) groups excluding carboxylic acids is 2. The van der Waals surface area contributed by atoms with Gasteiger partial charge in [-0.1, -0.05) is 0 Å². The Morgan fingerprint density at radius 2 is 2.00 bits per heavy atom. The average Bonchev–Trinajstić information content (AvgIpc) is 2.35. The van der Waals surface area contributed by atoms with Gasteiger partial charge >= 0.3 is 5.97 Å². The summed E-state index contributed by atoms with van der Waals surface area (Å²) in [7, 11) is 0. The van der Waals surface area contributed by atoms with Crippen molar-refractivity contribution in [3.05, 3.63) is 23.9 Å². The summed E-state index contributed by atoms with van der Waals surface area (Å²) in [4.78, 5) is 24.9. The SMILES string of the molecule is CCOC(=O)/C(=C\C=C\N1CCOCC1)C(C)=O. The van der Waals surface area contributed by atoms with E-state index in [2.05, 4.69) is 4.90 Å². The fourth-order valence-electron chi connectivity index (χ4n) is 1.53. The van der Waals surface area contributed by atoms with Gasteiger partial charge in [0.25, 0.3) is 0 Å². The predicted octanol–water partition coefficient (Wildman–Crippen LogP) is 0.911. The number of hydrogen-bond donors (Lipinski definition) is 0. The van der Waals surface area contributed by atoms with Crippen molar-refractivity contribution < 1.29 is 19.1 Å². The van der Waals surface area contributed by atoms with Crippen LogP contribution in [-0.4, -0.2) is 49.6 Å². The van der Waals surface area contributed by atoms with E-state index in [1.807, 2.05) is 6.20 Å². The molecule has 0 radical (unpaired) electrons. The molecule has 5 heteroatoms. The molecular formula is C13H19NO4. The molecule has 1 saturated heterocycles. The first-order chi connectivity index (χ1) is 8.65. The Labute approximate surface area is 107 Å². The van der Waals surface area contributed by atoms with Gasteiger partial charge in [-0.3, -0.25) is 4.79 Å². The molecule has 0 aromatic heterocycles. The predicted molar refractivity (Wildman–Crippen MR) is 66.9 cm³/mol. The van der Waals surface area contributed by atoms with Crippen LogP contribution in [0.2, 0.25) is 0 Å². The van der Waals surface area contributed by atoms with Crippen LogP contribution in [0, 0.1) is 0 Å². The number of carbonyl (C=O) groups is 2. The Hall–Kier alpha value is -1.62. The fourth-order valence-corrected chi connectivity index (χ4v) is 1.53. The van der Waals surface area contributed by atoms with E-state index < -0.39 is 5.97 Å². The second-order valence-electron chi connectivity index (χ2n) is 3.85. The molecule has 1 fully saturated rings. The van der Waals surface area contributed by atoms with Gasteiger partial charge in [-0.2, -0.15) is 0 Å². The molecule has 18 heavy (non-hydrogen) atoms. The normalized spacial score (nSPS) is 17.0. The molecular weight excluding hydrogens is 234 g/mol. The summed E-state index contributed by atoms with van der Waals surface area (Å²) in [6.07, 6.45) is 5.04. The van der Waals surface area contributed by atoms with Crippen molar-refractivity contribution in [3.8, 4) is 0 Å². The molecule has 1 heterocycles. The Kier molecular flexibility index (Phi) is 6.14. The van der Waals surface area contributed by atoms with E-state index in [1.165, 1.54) is 13.0 Å². The van der Waals surface area contributed by atoms with E-state index in [9.17, 15) is 9.59 Å². The number of ketones is 1. The topological polar surface area (TPSA) is 55.8 Å². The third kappa shape index (κ3) is 4.71. The number of esters is 1. The van der Waals surface area contributed by atoms with Gasteiger partial charge in [-0.15, -0.1) is 0 Å². The van der Waals surface area contributed by atoms with Crippen molar-refractivity contribution in [2.24, 2.45) is 0 Å². The Morgan fingerprint density at radius 3 is 2.56 bits per heavy atom. The standard InChI is InChI=1S/C13H19NO4/c1-3-18-13(16)12(11(2)15)5-4-6-14-7-9-17-10-8-14/h4-6H,3,7-10H2,1-2H3/b6-4+,12-5-. The van der Waals surface area contributed by atoms with Crippen LogP contribution < -0.4 is 0 Å². The van der Waals surface area contributed by atoms with Gasteiger partial charge in [-0.25, -0.2) is 4.79 Å². The van der Waals surface area contributed by atoms with E-state index in [0.29, 0.717) is 13.2 Å². The smallest absolute Gasteiger partial charge is 0.341 e. The fraction of sp³-hybridized carbons (Fsp3) is 0.538. The summed E-state index contributed by atoms with van der Waals surface area (Å²) in [5.74, 6) is -0.864. The molecule has 0 unspecified atom stereocenters. The molecule has 0 atom stereocenters. The van der Waals surface area contributed by atoms with E-state index in [0.717, 1.165) is 13.1 Å². The second kappa shape index (κ2) is 7.66. The van der Waals surface area contributed by atoms with Crippen LogP contribution >= 0.6 is 0 Å². The van der Waals surface area contributed by atoms with Gasteiger partial charge in [0.05, 0.1) is 19.8 Å². The minimum atomic E-state index is -0.573. The largest absolute Gasteiger partial charge is 0.462 e. The zero-order chi connectivity index (χ0) is 13.4. The molecule has 0 N–H and O–H groups in total. The zero-order valence-electron chi connectivity index (χ0n) is 10.8. The van der Waals surface area contributed by atoms with Crippen molar-refractivity contribution in [1.29, 1.82) is 0 Å². The average molecular weight is 253 g/mol. The Bertz CT molecular complexity index is 354. The lowest BCUT2D eigenvalue weighted by Gasteiger charge is -2.24. The Balaban J connectivity index is 2.61. The third-order valence-corrected chi connectivity index (χ3v) is 2.48. The molecule has 0 saturated carbocycles. The van der Waals surface area contributed by atoms with Gasteiger partial charge in [0, 0.05) is 13.1 Å². The lowest BCUT2D eigenvalue weighted by molar-refractivity contribution is -0.139. The van der Waals surface area contributed by atoms with Crippen LogP contribution in [-0.2, 0) is 19.1 Å². The van der Waals surface area contributed by atoms with Gasteiger partial charge in [0.15, 0.2) is 5.78 Å². The highest BCUT2D eigenvalue weighted by Crippen LogP contribution is 2.03. The third-order valence-electron chi connectivity index (χ3n) is 2.48. The molecule has 0 aromatic carbocycles. The monoisotopic (exact) mass is 253 g/mol. The minimum Gasteiger partial charge on any atom is -0.462 e. The summed E-state index contributed by atoms with van der Waals surface area (Å²) in [6.45, 7) is 6.36. The Morgan fingerprint density at radius 1 is 1.33 bits per heavy atom. The molecule has 0 aliphatic carbocycles. The molecule has 1 aliphatic rings. The molecule has 1 aliphatic heterocycles. The number of Topliss-reactive ketones (excluding diaryl/α,β-unsaturated/α-hetero) is 1. The van der Waals surface area contributed by atoms with E-state index in [1.54, 1.807) is 13.0 Å². The van der Waals surface area contributed by atoms with Crippen molar-refractivity contribution in [2.75, 3.05) is 32.9 Å². The minimum absolute atomic E-state index is 0.0707. The molecule has 5 nitrogen and oxygen atoms in total. The van der Waals surface area contributed by atoms with E-state index in [4.69, 9.17) is 9.47 Å². The maximum absolute atomic E-state index is 11.5. The van der Waals surface area contributed by atoms with Crippen LogP contribution in [0.15, 0.2) is 23.9 Å². The number of hydrogen-bond acceptors (Lipinski definition) is 5. The van der Waals surface area contributed by atoms with E-state index >= 15 is 0 Å². The second-order valence-corrected chi connectivity index (χ2v) is 3.85. The van der Waals surface area contributed by atoms with Crippen LogP contribution in [0.3, 0.4) is 0 Å². The molecule has 0 spiro atoms. The number of nitrogens with zero attached hydrogens (tertiary/aromatic N) is 1. The summed E-state index contributed by atoms with van der Waals surface area (Å²) in [5, 5.41) is 0. The first kappa shape index (κ1) is 14.4. The lowest BCUT2D eigenvalue weighted by Crippen LogP contribution is -2.31. The highest BCUT2D eigenvalue weighted by Gasteiger charge is 2.14. The lowest BCUT2D eigenvalue weighted by atomic mass is 10.2. The molecule has 0 amide bonds. The van der Waals surface area contributed by atoms with Gasteiger partial charge < -0.3 is 14.4 Å². The number of morpholine rings is 1. The van der Waals surface area contributed by atoms with Crippen LogP contribution in [0.4, 0.5) is 0 Å². The van der Waals surface area contributed by atoms with Crippen LogP contribution in [0.5, 0.6) is 0 Å². The molecule has 100 valence electrons. The van der Waals surface area contributed by atoms with Crippen LogP contribution in [0.25, 0.3) is 0 Å². The van der Waals surface area contributed by atoms with Crippen molar-refractivity contribution in [3.63, 3.8) is 0 Å². The maximum Gasteiger partial charge on any atom is 0.341 e. The highest BCUT2D eigenvalue weighted by atomic mass is 16.5. The van der Waals surface area contributed by atoms with Crippen LogP contribution in [0.1, 0.15) is 13.8 Å². The number of rotatable bonds is 5. The van der Waals surface area contributed by atoms with Crippen molar-refractivity contribution in [1.82, 2.24) is 4.90 Å². The first-order valence-corrected chi connectivity index (χ1v) is 6.03. The van der Waals surface area contributed by atoms with E-state index in [-0.39, 0.29) is 18.0 Å². The number of allylic oxidation sites excluding steroid dienone is 2. The van der Waals surface area contributed by atoms with Crippen molar-refractivity contribution >= 4 is 11.8 Å². The summed E-state index contributed by atoms with van der Waals surface area (Å²) in [6, 6.07) is 0. The summed E-state index contributed by atoms with van der Waals surface area (Å²) < 4.78 is 10.0. The van der Waals surface area contributed by atoms with Gasteiger partial charge in [-0.05, 0) is 32.2 Å². The highest BCUT2D eigenvalue weighted by molar-refractivity contribution is 6.16. The number of ether oxygens (including phenoxy) is 2. The molecule has 1 rings (SSSR count). The molecule has 0 aromatic rings. The maximum atomic E-state index is 11.5. The van der Waals surface area contributed by atoms with Crippen molar-refractivity contribution in [2.45, 2.75) is 13.8 Å². The quantitative estimate of drug-likeness (QED) is 0.240. The summed E-state index contributed by atoms with van der Waals surface area (Å²) >= 11 is 0. The van der Waals surface area contributed by atoms with Gasteiger partial charge in [0.2, 0.25) is 0 Å².